The molecule has 3 nitrogen and oxygen atoms in total. The monoisotopic (exact) mass is 566 g/mol. The molecule has 0 aromatic carbocycles. The molecule has 232 valence electrons. The fourth-order valence-corrected chi connectivity index (χ4v) is 8.12. The lowest BCUT2D eigenvalue weighted by molar-refractivity contribution is -0.00226. The van der Waals surface area contributed by atoms with Crippen LogP contribution in [-0.4, -0.2) is 19.8 Å². The third-order valence-electron chi connectivity index (χ3n) is 11.8. The molecule has 2 saturated carbocycles. The van der Waals surface area contributed by atoms with Crippen LogP contribution in [-0.2, 0) is 14.2 Å². The van der Waals surface area contributed by atoms with Crippen LogP contribution in [0.4, 0.5) is 0 Å². The van der Waals surface area contributed by atoms with Crippen molar-refractivity contribution in [2.45, 2.75) is 143 Å². The summed E-state index contributed by atoms with van der Waals surface area (Å²) in [6, 6.07) is 0. The van der Waals surface area contributed by atoms with Crippen molar-refractivity contribution in [2.24, 2.45) is 28.1 Å². The summed E-state index contributed by atoms with van der Waals surface area (Å²) < 4.78 is 16.9. The molecule has 0 bridgehead atoms. The second kappa shape index (κ2) is 14.7. The quantitative estimate of drug-likeness (QED) is 0.273. The van der Waals surface area contributed by atoms with Gasteiger partial charge in [-0.25, -0.2) is 0 Å². The van der Waals surface area contributed by atoms with Gasteiger partial charge in [0.25, 0.3) is 0 Å². The maximum Gasteiger partial charge on any atom is 0.0939 e. The first-order chi connectivity index (χ1) is 19.6. The van der Waals surface area contributed by atoms with E-state index in [4.69, 9.17) is 14.2 Å². The van der Waals surface area contributed by atoms with Gasteiger partial charge in [-0.3, -0.25) is 0 Å². The van der Waals surface area contributed by atoms with Crippen LogP contribution in [0.3, 0.4) is 0 Å². The van der Waals surface area contributed by atoms with Gasteiger partial charge in [-0.15, -0.1) is 0 Å². The molecule has 2 atom stereocenters. The van der Waals surface area contributed by atoms with Crippen LogP contribution in [0.5, 0.6) is 0 Å². The second-order valence-corrected chi connectivity index (χ2v) is 15.2. The van der Waals surface area contributed by atoms with Crippen molar-refractivity contribution in [1.29, 1.82) is 0 Å². The topological polar surface area (TPSA) is 27.7 Å². The lowest BCUT2D eigenvalue weighted by Gasteiger charge is -2.44. The first kappa shape index (κ1) is 32.3. The molecule has 0 radical (unpaired) electrons. The van der Waals surface area contributed by atoms with Crippen molar-refractivity contribution in [3.63, 3.8) is 0 Å². The highest BCUT2D eigenvalue weighted by Gasteiger charge is 2.40. The summed E-state index contributed by atoms with van der Waals surface area (Å²) in [4.78, 5) is 0. The molecule has 0 amide bonds. The molecule has 3 aliphatic carbocycles. The maximum absolute atomic E-state index is 5.67. The zero-order chi connectivity index (χ0) is 29.3. The minimum absolute atomic E-state index is 0.417. The smallest absolute Gasteiger partial charge is 0.0939 e. The number of ether oxygens (including phenoxy) is 3. The summed E-state index contributed by atoms with van der Waals surface area (Å²) in [5.41, 5.74) is 3.03. The molecular formula is C38H62O3. The lowest BCUT2D eigenvalue weighted by atomic mass is 9.65. The van der Waals surface area contributed by atoms with E-state index in [0.29, 0.717) is 16.2 Å². The average Bonchev–Trinajstić information content (AvgIpc) is 2.96. The molecule has 41 heavy (non-hydrogen) atoms. The SMILES string of the molecule is C=C1CCC2(CC=C(C)CC2C)CO1.C=C1CCC2(CCC(C)CC2)CO1.C=C1CCC2(CCCCCCC2)CO1. The van der Waals surface area contributed by atoms with E-state index in [2.05, 4.69) is 46.6 Å². The van der Waals surface area contributed by atoms with Crippen LogP contribution >= 0.6 is 0 Å². The molecule has 3 aliphatic heterocycles. The predicted octanol–water partition coefficient (Wildman–Crippen LogP) is 11.2. The van der Waals surface area contributed by atoms with E-state index >= 15 is 0 Å². The first-order valence-electron chi connectivity index (χ1n) is 17.2. The minimum atomic E-state index is 0.417. The highest BCUT2D eigenvalue weighted by Crippen LogP contribution is 2.48. The number of hydrogen-bond donors (Lipinski definition) is 0. The van der Waals surface area contributed by atoms with Crippen LogP contribution in [0.15, 0.2) is 48.7 Å². The zero-order valence-electron chi connectivity index (χ0n) is 27.1. The van der Waals surface area contributed by atoms with Gasteiger partial charge < -0.3 is 14.2 Å². The van der Waals surface area contributed by atoms with Gasteiger partial charge >= 0.3 is 0 Å². The standard InChI is InChI=1S/C13H20O.C13H22O.C12H20O/c1-10-4-6-13(11(2)8-10)7-5-12(3)14-9-13;1-12-7-10-13(11-14-12)8-5-3-2-4-6-9-13;1-10-3-6-12(7-4-10)8-5-11(2)13-9-12/h4,11H,3,5-9H2,1-2H3;1-11H2;10H,2-9H2,1H3. The molecule has 6 rings (SSSR count). The fraction of sp³-hybridized carbons (Fsp3) is 0.789. The van der Waals surface area contributed by atoms with E-state index in [9.17, 15) is 0 Å². The highest BCUT2D eigenvalue weighted by molar-refractivity contribution is 5.11. The Morgan fingerprint density at radius 3 is 1.59 bits per heavy atom. The molecule has 6 aliphatic rings. The van der Waals surface area contributed by atoms with Gasteiger partial charge in [-0.2, -0.15) is 0 Å². The van der Waals surface area contributed by atoms with Gasteiger partial charge in [-0.1, -0.05) is 90.2 Å². The van der Waals surface area contributed by atoms with E-state index in [1.165, 1.54) is 103 Å². The molecule has 5 fully saturated rings. The van der Waals surface area contributed by atoms with Crippen molar-refractivity contribution in [2.75, 3.05) is 19.8 Å². The van der Waals surface area contributed by atoms with E-state index in [0.717, 1.165) is 68.2 Å². The summed E-state index contributed by atoms with van der Waals surface area (Å²) in [5, 5.41) is 0. The van der Waals surface area contributed by atoms with Crippen molar-refractivity contribution < 1.29 is 14.2 Å². The van der Waals surface area contributed by atoms with Crippen LogP contribution in [0.25, 0.3) is 0 Å². The van der Waals surface area contributed by atoms with Crippen LogP contribution in [0.2, 0.25) is 0 Å². The van der Waals surface area contributed by atoms with Crippen molar-refractivity contribution in [3.8, 4) is 0 Å². The van der Waals surface area contributed by atoms with E-state index < -0.39 is 0 Å². The molecule has 2 unspecified atom stereocenters. The van der Waals surface area contributed by atoms with E-state index in [-0.39, 0.29) is 0 Å². The highest BCUT2D eigenvalue weighted by atomic mass is 16.5. The van der Waals surface area contributed by atoms with Gasteiger partial charge in [0, 0.05) is 35.5 Å². The Labute approximate surface area is 253 Å². The molecule has 3 heterocycles. The minimum Gasteiger partial charge on any atom is -0.498 e. The van der Waals surface area contributed by atoms with Gasteiger partial charge in [0.15, 0.2) is 0 Å². The summed E-state index contributed by atoms with van der Waals surface area (Å²) >= 11 is 0. The van der Waals surface area contributed by atoms with Crippen molar-refractivity contribution in [1.82, 2.24) is 0 Å². The van der Waals surface area contributed by atoms with Gasteiger partial charge in [0.1, 0.15) is 0 Å². The third-order valence-corrected chi connectivity index (χ3v) is 11.8. The van der Waals surface area contributed by atoms with Crippen LogP contribution in [0, 0.1) is 28.1 Å². The van der Waals surface area contributed by atoms with Gasteiger partial charge in [0.05, 0.1) is 37.1 Å². The Bertz CT molecular complexity index is 876. The maximum atomic E-state index is 5.67. The Hall–Kier alpha value is -1.64. The summed E-state index contributed by atoms with van der Waals surface area (Å²) in [6.45, 7) is 21.5. The number of rotatable bonds is 0. The van der Waals surface area contributed by atoms with Crippen molar-refractivity contribution >= 4 is 0 Å². The summed E-state index contributed by atoms with van der Waals surface area (Å²) in [6.07, 6.45) is 27.5. The van der Waals surface area contributed by atoms with Crippen LogP contribution < -0.4 is 0 Å². The Morgan fingerprint density at radius 1 is 0.634 bits per heavy atom. The third kappa shape index (κ3) is 9.17. The number of hydrogen-bond acceptors (Lipinski definition) is 3. The molecular weight excluding hydrogens is 504 g/mol. The molecule has 3 spiro atoms. The Balaban J connectivity index is 0.000000142. The summed E-state index contributed by atoms with van der Waals surface area (Å²) in [5.74, 6) is 4.70. The van der Waals surface area contributed by atoms with Crippen LogP contribution in [0.1, 0.15) is 143 Å². The molecule has 0 aromatic heterocycles. The average molecular weight is 567 g/mol. The van der Waals surface area contributed by atoms with E-state index in [1.807, 2.05) is 0 Å². The van der Waals surface area contributed by atoms with Crippen molar-refractivity contribution in [3.05, 3.63) is 48.7 Å². The van der Waals surface area contributed by atoms with E-state index in [1.54, 1.807) is 5.57 Å². The number of allylic oxidation sites excluding steroid dienone is 5. The first-order valence-corrected chi connectivity index (χ1v) is 17.2. The molecule has 0 aromatic rings. The van der Waals surface area contributed by atoms with Gasteiger partial charge in [0.2, 0.25) is 0 Å². The fourth-order valence-electron chi connectivity index (χ4n) is 8.12. The normalized spacial score (nSPS) is 35.3. The second-order valence-electron chi connectivity index (χ2n) is 15.2. The largest absolute Gasteiger partial charge is 0.498 e. The Kier molecular flexibility index (Phi) is 11.6. The molecule has 3 saturated heterocycles. The molecule has 0 N–H and O–H groups in total. The molecule has 3 heteroatoms. The van der Waals surface area contributed by atoms with Gasteiger partial charge in [-0.05, 0) is 76.5 Å². The lowest BCUT2D eigenvalue weighted by Crippen LogP contribution is -2.38. The zero-order valence-corrected chi connectivity index (χ0v) is 27.1. The summed E-state index contributed by atoms with van der Waals surface area (Å²) in [7, 11) is 0. The predicted molar refractivity (Wildman–Crippen MR) is 172 cm³/mol. The Morgan fingerprint density at radius 2 is 1.12 bits per heavy atom.